The first kappa shape index (κ1) is 35.8. The topological polar surface area (TPSA) is 102 Å². The van der Waals surface area contributed by atoms with Crippen LogP contribution in [0.3, 0.4) is 0 Å². The molecular weight excluding hydrogens is 548 g/mol. The second-order valence-corrected chi connectivity index (χ2v) is 24.1. The van der Waals surface area contributed by atoms with Crippen LogP contribution >= 0.6 is 0 Å². The van der Waals surface area contributed by atoms with Gasteiger partial charge in [0.1, 0.15) is 24.6 Å². The number of ether oxygens (including phenoxy) is 5. The molecule has 0 amide bonds. The van der Waals surface area contributed by atoms with Crippen molar-refractivity contribution < 1.29 is 42.4 Å². The molecule has 0 radical (unpaired) electrons. The molecule has 2 heterocycles. The summed E-state index contributed by atoms with van der Waals surface area (Å²) in [5.74, 6) is -0.424. The molecule has 7 atom stereocenters. The first-order chi connectivity index (χ1) is 18.2. The third-order valence-electron chi connectivity index (χ3n) is 9.46. The lowest BCUT2D eigenvalue weighted by molar-refractivity contribution is -0.337. The zero-order valence-electron chi connectivity index (χ0n) is 27.4. The number of carbonyl (C=O) groups excluding carboxylic acids is 1. The Morgan fingerprint density at radius 3 is 2.15 bits per heavy atom. The Morgan fingerprint density at radius 1 is 1.02 bits per heavy atom. The average molecular weight is 607 g/mol. The minimum absolute atomic E-state index is 0.0100. The van der Waals surface area contributed by atoms with Crippen LogP contribution in [0.5, 0.6) is 0 Å². The van der Waals surface area contributed by atoms with Gasteiger partial charge in [-0.1, -0.05) is 41.5 Å². The van der Waals surface area contributed by atoms with Crippen molar-refractivity contribution in [3.05, 3.63) is 0 Å². The lowest BCUT2D eigenvalue weighted by Crippen LogP contribution is -2.71. The number of carbonyl (C=O) groups is 1. The standard InChI is InChI=1S/C29H58O9Si2/c1-14-33-24(30)18-22-25(31)26(34-19-32-9)29(8)23(36-22)17-21(38-40(12,13)28(5,6)7)20(37-29)15-16-35-39(10,11)27(2,3)4/h20-23,25-26,31H,14-19H2,1-13H3/t20-,21+,22+,23-,25+,26+,29-/m0/s1. The third-order valence-corrected chi connectivity index (χ3v) is 18.5. The zero-order chi connectivity index (χ0) is 30.7. The quantitative estimate of drug-likeness (QED) is 0.178. The SMILES string of the molecule is CCOC(=O)C[C@H]1O[C@H]2C[C@@H](O[Si](C)(C)C(C)(C)C)[C@H](CCO[Si](C)(C)C(C)(C)C)O[C@]2(C)[C@H](OCOC)[C@@H]1O. The summed E-state index contributed by atoms with van der Waals surface area (Å²) < 4.78 is 43.2. The Morgan fingerprint density at radius 2 is 1.62 bits per heavy atom. The maximum atomic E-state index is 12.4. The van der Waals surface area contributed by atoms with Crippen molar-refractivity contribution in [2.75, 3.05) is 27.1 Å². The van der Waals surface area contributed by atoms with Crippen LogP contribution in [0.4, 0.5) is 0 Å². The molecule has 2 aliphatic heterocycles. The summed E-state index contributed by atoms with van der Waals surface area (Å²) in [6, 6.07) is 0. The van der Waals surface area contributed by atoms with Gasteiger partial charge in [-0.25, -0.2) is 0 Å². The maximum absolute atomic E-state index is 12.4. The summed E-state index contributed by atoms with van der Waals surface area (Å²) in [4.78, 5) is 12.4. The molecule has 2 fully saturated rings. The summed E-state index contributed by atoms with van der Waals surface area (Å²) in [7, 11) is -2.59. The molecule has 0 unspecified atom stereocenters. The van der Waals surface area contributed by atoms with Gasteiger partial charge in [-0.15, -0.1) is 0 Å². The van der Waals surface area contributed by atoms with Gasteiger partial charge in [0.15, 0.2) is 16.6 Å². The Labute approximate surface area is 245 Å². The Kier molecular flexibility index (Phi) is 12.1. The number of fused-ring (bicyclic) bond motifs is 1. The zero-order valence-corrected chi connectivity index (χ0v) is 29.4. The lowest BCUT2D eigenvalue weighted by Gasteiger charge is -2.57. The van der Waals surface area contributed by atoms with Crippen molar-refractivity contribution in [3.63, 3.8) is 0 Å². The summed E-state index contributed by atoms with van der Waals surface area (Å²) >= 11 is 0. The fourth-order valence-electron chi connectivity index (χ4n) is 4.87. The fraction of sp³-hybridized carbons (Fsp3) is 0.966. The number of methoxy groups -OCH3 is 1. The van der Waals surface area contributed by atoms with Crippen molar-refractivity contribution in [3.8, 4) is 0 Å². The van der Waals surface area contributed by atoms with E-state index in [4.69, 9.17) is 32.5 Å². The van der Waals surface area contributed by atoms with Gasteiger partial charge < -0.3 is 37.6 Å². The number of esters is 1. The van der Waals surface area contributed by atoms with Gasteiger partial charge in [0.05, 0.1) is 37.4 Å². The number of rotatable bonds is 12. The molecule has 0 bridgehead atoms. The third kappa shape index (κ3) is 8.38. The molecule has 40 heavy (non-hydrogen) atoms. The lowest BCUT2D eigenvalue weighted by atomic mass is 9.77. The van der Waals surface area contributed by atoms with E-state index in [0.29, 0.717) is 19.4 Å². The first-order valence-corrected chi connectivity index (χ1v) is 20.6. The summed E-state index contributed by atoms with van der Waals surface area (Å²) in [6.45, 7) is 26.8. The number of hydrogen-bond acceptors (Lipinski definition) is 9. The average Bonchev–Trinajstić information content (AvgIpc) is 2.79. The van der Waals surface area contributed by atoms with Gasteiger partial charge in [-0.3, -0.25) is 4.79 Å². The van der Waals surface area contributed by atoms with E-state index in [1.165, 1.54) is 7.11 Å². The monoisotopic (exact) mass is 606 g/mol. The Bertz CT molecular complexity index is 823. The Hall–Kier alpha value is -0.376. The molecule has 0 aromatic rings. The van der Waals surface area contributed by atoms with E-state index >= 15 is 0 Å². The van der Waals surface area contributed by atoms with Crippen LogP contribution in [-0.4, -0.2) is 97.1 Å². The van der Waals surface area contributed by atoms with E-state index in [1.54, 1.807) is 6.92 Å². The number of aliphatic hydroxyl groups excluding tert-OH is 1. The van der Waals surface area contributed by atoms with Crippen LogP contribution in [0.15, 0.2) is 0 Å². The molecule has 2 rings (SSSR count). The highest BCUT2D eigenvalue weighted by Gasteiger charge is 2.60. The van der Waals surface area contributed by atoms with E-state index in [2.05, 4.69) is 67.7 Å². The molecule has 2 saturated heterocycles. The summed E-state index contributed by atoms with van der Waals surface area (Å²) in [6.07, 6.45) is -2.55. The van der Waals surface area contributed by atoms with Crippen molar-refractivity contribution in [2.24, 2.45) is 0 Å². The van der Waals surface area contributed by atoms with Crippen molar-refractivity contribution in [1.29, 1.82) is 0 Å². The van der Waals surface area contributed by atoms with Gasteiger partial charge in [-0.05, 0) is 56.5 Å². The highest BCUT2D eigenvalue weighted by molar-refractivity contribution is 6.74. The van der Waals surface area contributed by atoms with E-state index in [1.807, 2.05) is 6.92 Å². The number of aliphatic hydroxyl groups is 1. The van der Waals surface area contributed by atoms with Gasteiger partial charge in [-0.2, -0.15) is 0 Å². The van der Waals surface area contributed by atoms with Gasteiger partial charge in [0.25, 0.3) is 0 Å². The van der Waals surface area contributed by atoms with E-state index in [9.17, 15) is 9.90 Å². The Balaban J connectivity index is 2.39. The molecule has 0 aromatic carbocycles. The first-order valence-electron chi connectivity index (χ1n) is 14.8. The molecule has 0 aliphatic carbocycles. The van der Waals surface area contributed by atoms with Crippen molar-refractivity contribution in [2.45, 2.75) is 153 Å². The molecule has 9 nitrogen and oxygen atoms in total. The highest BCUT2D eigenvalue weighted by atomic mass is 28.4. The van der Waals surface area contributed by atoms with Gasteiger partial charge in [0.2, 0.25) is 0 Å². The molecule has 236 valence electrons. The maximum Gasteiger partial charge on any atom is 0.308 e. The van der Waals surface area contributed by atoms with Gasteiger partial charge >= 0.3 is 5.97 Å². The van der Waals surface area contributed by atoms with E-state index in [-0.39, 0.29) is 42.1 Å². The van der Waals surface area contributed by atoms with Crippen LogP contribution in [0, 0.1) is 0 Å². The van der Waals surface area contributed by atoms with Crippen LogP contribution in [0.25, 0.3) is 0 Å². The van der Waals surface area contributed by atoms with Crippen LogP contribution in [0.2, 0.25) is 36.3 Å². The normalized spacial score (nSPS) is 32.0. The second-order valence-electron chi connectivity index (χ2n) is 14.5. The molecule has 0 spiro atoms. The van der Waals surface area contributed by atoms with Gasteiger partial charge in [0, 0.05) is 20.1 Å². The largest absolute Gasteiger partial charge is 0.466 e. The van der Waals surface area contributed by atoms with Crippen LogP contribution < -0.4 is 0 Å². The molecule has 0 saturated carbocycles. The predicted octanol–water partition coefficient (Wildman–Crippen LogP) is 5.41. The molecule has 11 heteroatoms. The smallest absolute Gasteiger partial charge is 0.308 e. The predicted molar refractivity (Wildman–Crippen MR) is 160 cm³/mol. The fourth-order valence-corrected chi connectivity index (χ4v) is 7.29. The minimum Gasteiger partial charge on any atom is -0.466 e. The van der Waals surface area contributed by atoms with Crippen molar-refractivity contribution >= 4 is 22.6 Å². The molecular formula is C29H58O9Si2. The number of hydrogen-bond donors (Lipinski definition) is 1. The summed E-state index contributed by atoms with van der Waals surface area (Å²) in [5, 5.41) is 11.5. The van der Waals surface area contributed by atoms with Crippen LogP contribution in [-0.2, 0) is 37.3 Å². The molecule has 0 aromatic heterocycles. The molecule has 2 aliphatic rings. The van der Waals surface area contributed by atoms with Crippen LogP contribution in [0.1, 0.15) is 74.7 Å². The van der Waals surface area contributed by atoms with Crippen molar-refractivity contribution in [1.82, 2.24) is 0 Å². The summed E-state index contributed by atoms with van der Waals surface area (Å²) in [5.41, 5.74) is -0.988. The van der Waals surface area contributed by atoms with E-state index < -0.39 is 52.6 Å². The molecule has 1 N–H and O–H groups in total. The minimum atomic E-state index is -2.17. The highest BCUT2D eigenvalue weighted by Crippen LogP contribution is 2.46. The van der Waals surface area contributed by atoms with E-state index in [0.717, 1.165) is 0 Å². The second kappa shape index (κ2) is 13.5.